The molecule has 2 aromatic heterocycles. The molecule has 0 amide bonds. The molecule has 4 rings (SSSR count). The number of hydrogen-bond acceptors (Lipinski definition) is 7. The summed E-state index contributed by atoms with van der Waals surface area (Å²) in [5, 5.41) is 8.88. The Morgan fingerprint density at radius 2 is 1.89 bits per heavy atom. The molecule has 0 fully saturated rings. The van der Waals surface area contributed by atoms with Gasteiger partial charge in [-0.25, -0.2) is 4.79 Å². The van der Waals surface area contributed by atoms with Gasteiger partial charge in [-0.15, -0.1) is 10.2 Å². The van der Waals surface area contributed by atoms with Crippen LogP contribution >= 0.6 is 23.1 Å². The Bertz CT molecular complexity index is 1100. The molecule has 2 heterocycles. The van der Waals surface area contributed by atoms with Crippen molar-refractivity contribution in [2.24, 2.45) is 0 Å². The fourth-order valence-electron chi connectivity index (χ4n) is 3.05. The van der Waals surface area contributed by atoms with Crippen molar-refractivity contribution in [1.82, 2.24) is 15.2 Å². The van der Waals surface area contributed by atoms with E-state index in [2.05, 4.69) is 10.2 Å². The molecule has 4 aromatic rings. The second-order valence-electron chi connectivity index (χ2n) is 5.91. The zero-order chi connectivity index (χ0) is 19.3. The minimum absolute atomic E-state index is 0.308. The van der Waals surface area contributed by atoms with Crippen molar-refractivity contribution in [2.75, 3.05) is 6.61 Å². The van der Waals surface area contributed by atoms with Gasteiger partial charge in [0.05, 0.1) is 23.4 Å². The third-order valence-electron chi connectivity index (χ3n) is 4.18. The van der Waals surface area contributed by atoms with E-state index in [9.17, 15) is 4.79 Å². The minimum atomic E-state index is -0.354. The van der Waals surface area contributed by atoms with Gasteiger partial charge in [0.25, 0.3) is 0 Å². The van der Waals surface area contributed by atoms with Gasteiger partial charge in [-0.3, -0.25) is 4.98 Å². The van der Waals surface area contributed by atoms with Crippen molar-refractivity contribution >= 4 is 40.0 Å². The van der Waals surface area contributed by atoms with Crippen LogP contribution in [0.4, 0.5) is 0 Å². The molecule has 0 radical (unpaired) electrons. The van der Waals surface area contributed by atoms with Crippen molar-refractivity contribution in [3.8, 4) is 11.1 Å². The molecule has 0 atom stereocenters. The van der Waals surface area contributed by atoms with Crippen LogP contribution in [0.1, 0.15) is 23.0 Å². The SMILES string of the molecule is CCOC(=O)c1c(CSc2nncs2)nc2ccccc2c1-c1ccccc1. The lowest BCUT2D eigenvalue weighted by Crippen LogP contribution is -2.12. The molecule has 28 heavy (non-hydrogen) atoms. The summed E-state index contributed by atoms with van der Waals surface area (Å²) in [6.45, 7) is 2.12. The summed E-state index contributed by atoms with van der Waals surface area (Å²) >= 11 is 2.98. The quantitative estimate of drug-likeness (QED) is 0.322. The Hall–Kier alpha value is -2.77. The number of esters is 1. The number of aromatic nitrogens is 3. The van der Waals surface area contributed by atoms with E-state index < -0.39 is 0 Å². The molecule has 0 N–H and O–H groups in total. The average Bonchev–Trinajstić information content (AvgIpc) is 3.25. The summed E-state index contributed by atoms with van der Waals surface area (Å²) in [4.78, 5) is 17.8. The molecule has 2 aromatic carbocycles. The minimum Gasteiger partial charge on any atom is -0.462 e. The number of benzene rings is 2. The molecular formula is C21H17N3O2S2. The first kappa shape index (κ1) is 18.6. The van der Waals surface area contributed by atoms with Gasteiger partial charge in [-0.05, 0) is 18.6 Å². The molecule has 0 spiro atoms. The number of ether oxygens (including phenoxy) is 1. The monoisotopic (exact) mass is 407 g/mol. The summed E-state index contributed by atoms with van der Waals surface area (Å²) < 4.78 is 6.24. The highest BCUT2D eigenvalue weighted by Crippen LogP contribution is 2.36. The third-order valence-corrected chi connectivity index (χ3v) is 6.05. The van der Waals surface area contributed by atoms with Gasteiger partial charge in [-0.2, -0.15) is 0 Å². The predicted octanol–water partition coefficient (Wildman–Crippen LogP) is 5.22. The van der Waals surface area contributed by atoms with E-state index >= 15 is 0 Å². The normalized spacial score (nSPS) is 10.9. The number of para-hydroxylation sites is 1. The molecule has 0 bridgehead atoms. The van der Waals surface area contributed by atoms with Crippen LogP contribution in [-0.2, 0) is 10.5 Å². The highest BCUT2D eigenvalue weighted by molar-refractivity contribution is 8.00. The van der Waals surface area contributed by atoms with E-state index in [0.717, 1.165) is 26.4 Å². The van der Waals surface area contributed by atoms with Crippen molar-refractivity contribution in [1.29, 1.82) is 0 Å². The topological polar surface area (TPSA) is 65.0 Å². The van der Waals surface area contributed by atoms with E-state index in [4.69, 9.17) is 9.72 Å². The van der Waals surface area contributed by atoms with Crippen molar-refractivity contribution in [3.63, 3.8) is 0 Å². The van der Waals surface area contributed by atoms with Crippen LogP contribution in [-0.4, -0.2) is 27.8 Å². The van der Waals surface area contributed by atoms with Gasteiger partial charge < -0.3 is 4.74 Å². The number of nitrogens with zero attached hydrogens (tertiary/aromatic N) is 3. The van der Waals surface area contributed by atoms with Crippen molar-refractivity contribution in [2.45, 2.75) is 17.0 Å². The average molecular weight is 408 g/mol. The number of carbonyl (C=O) groups is 1. The van der Waals surface area contributed by atoms with Crippen LogP contribution in [0.25, 0.3) is 22.0 Å². The number of carbonyl (C=O) groups excluding carboxylic acids is 1. The van der Waals surface area contributed by atoms with Crippen LogP contribution in [0.15, 0.2) is 64.4 Å². The van der Waals surface area contributed by atoms with E-state index in [0.29, 0.717) is 23.6 Å². The van der Waals surface area contributed by atoms with Crippen LogP contribution < -0.4 is 0 Å². The molecule has 0 saturated heterocycles. The van der Waals surface area contributed by atoms with Crippen LogP contribution in [0.3, 0.4) is 0 Å². The molecule has 140 valence electrons. The summed E-state index contributed by atoms with van der Waals surface area (Å²) in [5.74, 6) is 0.154. The van der Waals surface area contributed by atoms with Crippen LogP contribution in [0.5, 0.6) is 0 Å². The summed E-state index contributed by atoms with van der Waals surface area (Å²) in [6.07, 6.45) is 0. The van der Waals surface area contributed by atoms with E-state index in [1.807, 2.05) is 61.5 Å². The molecule has 0 aliphatic carbocycles. The lowest BCUT2D eigenvalue weighted by molar-refractivity contribution is 0.0526. The largest absolute Gasteiger partial charge is 0.462 e. The Labute approximate surface area is 170 Å². The highest BCUT2D eigenvalue weighted by Gasteiger charge is 2.23. The van der Waals surface area contributed by atoms with E-state index in [1.54, 1.807) is 5.51 Å². The molecule has 5 nitrogen and oxygen atoms in total. The number of thioether (sulfide) groups is 1. The number of fused-ring (bicyclic) bond motifs is 1. The zero-order valence-corrected chi connectivity index (χ0v) is 16.8. The van der Waals surface area contributed by atoms with Gasteiger partial charge in [0.1, 0.15) is 5.51 Å². The first-order valence-corrected chi connectivity index (χ1v) is 10.7. The first-order chi connectivity index (χ1) is 13.8. The summed E-state index contributed by atoms with van der Waals surface area (Å²) in [6, 6.07) is 17.8. The van der Waals surface area contributed by atoms with Gasteiger partial charge >= 0.3 is 5.97 Å². The first-order valence-electron chi connectivity index (χ1n) is 8.81. The molecule has 0 aliphatic heterocycles. The highest BCUT2D eigenvalue weighted by atomic mass is 32.2. The summed E-state index contributed by atoms with van der Waals surface area (Å²) in [5.41, 5.74) is 5.57. The van der Waals surface area contributed by atoms with E-state index in [-0.39, 0.29) is 5.97 Å². The van der Waals surface area contributed by atoms with Crippen LogP contribution in [0.2, 0.25) is 0 Å². The maximum Gasteiger partial charge on any atom is 0.340 e. The number of rotatable bonds is 6. The van der Waals surface area contributed by atoms with Gasteiger partial charge in [0, 0.05) is 16.7 Å². The molecule has 0 unspecified atom stereocenters. The van der Waals surface area contributed by atoms with Crippen LogP contribution in [0, 0.1) is 0 Å². The standard InChI is InChI=1S/C21H17N3O2S2/c1-2-26-20(25)19-17(12-27-21-24-22-13-28-21)23-16-11-7-6-10-15(16)18(19)14-8-4-3-5-9-14/h3-11,13H,2,12H2,1H3. The third kappa shape index (κ3) is 3.76. The fourth-order valence-corrected chi connectivity index (χ4v) is 4.48. The van der Waals surface area contributed by atoms with Crippen molar-refractivity contribution < 1.29 is 9.53 Å². The molecule has 7 heteroatoms. The number of pyridine rings is 1. The lowest BCUT2D eigenvalue weighted by Gasteiger charge is -2.16. The molecule has 0 aliphatic rings. The Morgan fingerprint density at radius 3 is 2.64 bits per heavy atom. The Balaban J connectivity index is 1.93. The Morgan fingerprint density at radius 1 is 1.11 bits per heavy atom. The molecular weight excluding hydrogens is 390 g/mol. The predicted molar refractivity (Wildman–Crippen MR) is 113 cm³/mol. The van der Waals surface area contributed by atoms with Gasteiger partial charge in [-0.1, -0.05) is 71.6 Å². The maximum atomic E-state index is 13.0. The number of hydrogen-bond donors (Lipinski definition) is 0. The van der Waals surface area contributed by atoms with E-state index in [1.165, 1.54) is 23.1 Å². The second-order valence-corrected chi connectivity index (χ2v) is 7.96. The summed E-state index contributed by atoms with van der Waals surface area (Å²) in [7, 11) is 0. The van der Waals surface area contributed by atoms with Gasteiger partial charge in [0.15, 0.2) is 4.34 Å². The van der Waals surface area contributed by atoms with Crippen molar-refractivity contribution in [3.05, 3.63) is 71.4 Å². The zero-order valence-electron chi connectivity index (χ0n) is 15.2. The second kappa shape index (κ2) is 8.50. The molecule has 0 saturated carbocycles. The fraction of sp³-hybridized carbons (Fsp3) is 0.143. The lowest BCUT2D eigenvalue weighted by atomic mass is 9.94. The maximum absolute atomic E-state index is 13.0. The Kier molecular flexibility index (Phi) is 5.64. The smallest absolute Gasteiger partial charge is 0.340 e. The van der Waals surface area contributed by atoms with Gasteiger partial charge in [0.2, 0.25) is 0 Å².